The summed E-state index contributed by atoms with van der Waals surface area (Å²) in [7, 11) is 0. The number of nitrogens with two attached hydrogens (primary N) is 1. The van der Waals surface area contributed by atoms with E-state index in [4.69, 9.17) is 10.7 Å². The van der Waals surface area contributed by atoms with Gasteiger partial charge in [0.05, 0.1) is 30.1 Å². The Balaban J connectivity index is 1.51. The summed E-state index contributed by atoms with van der Waals surface area (Å²) in [6, 6.07) is 10.2. The first-order valence-electron chi connectivity index (χ1n) is 9.44. The van der Waals surface area contributed by atoms with Crippen LogP contribution in [-0.4, -0.2) is 29.8 Å². The molecule has 8 heteroatoms. The zero-order valence-electron chi connectivity index (χ0n) is 15.8. The number of aromatic nitrogens is 6. The van der Waals surface area contributed by atoms with Crippen molar-refractivity contribution in [3.8, 4) is 11.1 Å². The third-order valence-electron chi connectivity index (χ3n) is 5.62. The summed E-state index contributed by atoms with van der Waals surface area (Å²) in [5, 5.41) is 12.8. The Kier molecular flexibility index (Phi) is 3.20. The summed E-state index contributed by atoms with van der Waals surface area (Å²) in [4.78, 5) is 11.8. The summed E-state index contributed by atoms with van der Waals surface area (Å²) in [6.45, 7) is 3.48. The molecule has 1 aliphatic heterocycles. The molecule has 5 heterocycles. The first-order chi connectivity index (χ1) is 14.2. The number of benzene rings is 1. The van der Waals surface area contributed by atoms with Crippen molar-refractivity contribution in [1.82, 2.24) is 29.8 Å². The van der Waals surface area contributed by atoms with Gasteiger partial charge in [-0.15, -0.1) is 0 Å². The fourth-order valence-corrected chi connectivity index (χ4v) is 4.03. The first-order valence-corrected chi connectivity index (χ1v) is 9.44. The summed E-state index contributed by atoms with van der Waals surface area (Å²) in [6.07, 6.45) is 5.55. The van der Waals surface area contributed by atoms with Crippen LogP contribution in [0.25, 0.3) is 27.7 Å². The normalized spacial score (nSPS) is 13.5. The Morgan fingerprint density at radius 1 is 1.10 bits per heavy atom. The maximum Gasteiger partial charge on any atom is 0.167 e. The molecule has 0 amide bonds. The van der Waals surface area contributed by atoms with Crippen molar-refractivity contribution >= 4 is 28.2 Å². The van der Waals surface area contributed by atoms with Crippen molar-refractivity contribution in [3.05, 3.63) is 65.7 Å². The van der Waals surface area contributed by atoms with Crippen LogP contribution in [-0.2, 0) is 13.1 Å². The second-order valence-corrected chi connectivity index (χ2v) is 7.39. The minimum absolute atomic E-state index is 0.596. The second-order valence-electron chi connectivity index (χ2n) is 7.39. The average molecular weight is 382 g/mol. The van der Waals surface area contributed by atoms with Crippen molar-refractivity contribution < 1.29 is 0 Å². The van der Waals surface area contributed by atoms with E-state index in [-0.39, 0.29) is 0 Å². The van der Waals surface area contributed by atoms with Gasteiger partial charge in [0.2, 0.25) is 0 Å². The van der Waals surface area contributed by atoms with E-state index < -0.39 is 0 Å². The van der Waals surface area contributed by atoms with Crippen LogP contribution in [0.2, 0.25) is 0 Å². The molecule has 0 fully saturated rings. The van der Waals surface area contributed by atoms with E-state index in [0.717, 1.165) is 57.8 Å². The predicted molar refractivity (Wildman–Crippen MR) is 111 cm³/mol. The third kappa shape index (κ3) is 2.32. The number of nitrogen functional groups attached to an aromatic ring is 1. The van der Waals surface area contributed by atoms with Crippen molar-refractivity contribution in [2.45, 2.75) is 20.0 Å². The molecule has 0 saturated carbocycles. The molecule has 4 aromatic heterocycles. The van der Waals surface area contributed by atoms with Crippen LogP contribution in [0.3, 0.4) is 0 Å². The molecule has 1 aromatic carbocycles. The van der Waals surface area contributed by atoms with Crippen LogP contribution in [0.5, 0.6) is 0 Å². The number of fused-ring (bicyclic) bond motifs is 3. The highest BCUT2D eigenvalue weighted by molar-refractivity contribution is 5.87. The molecule has 5 aromatic rings. The van der Waals surface area contributed by atoms with Crippen molar-refractivity contribution in [1.29, 1.82) is 0 Å². The Labute approximate surface area is 166 Å². The molecule has 0 unspecified atom stereocenters. The van der Waals surface area contributed by atoms with Crippen molar-refractivity contribution in [3.63, 3.8) is 0 Å². The van der Waals surface area contributed by atoms with E-state index in [1.807, 2.05) is 43.7 Å². The van der Waals surface area contributed by atoms with E-state index >= 15 is 0 Å². The quantitative estimate of drug-likeness (QED) is 0.487. The molecule has 3 N–H and O–H groups in total. The fourth-order valence-electron chi connectivity index (χ4n) is 4.03. The number of H-pyrrole nitrogens is 1. The van der Waals surface area contributed by atoms with Gasteiger partial charge < -0.3 is 10.6 Å². The van der Waals surface area contributed by atoms with Crippen LogP contribution in [0.15, 0.2) is 48.9 Å². The number of anilines is 2. The molecule has 8 nitrogen and oxygen atoms in total. The molecule has 29 heavy (non-hydrogen) atoms. The van der Waals surface area contributed by atoms with Gasteiger partial charge in [0.25, 0.3) is 0 Å². The molecule has 0 saturated heterocycles. The number of nitrogens with zero attached hydrogens (tertiary/aromatic N) is 6. The van der Waals surface area contributed by atoms with E-state index in [2.05, 4.69) is 37.3 Å². The van der Waals surface area contributed by atoms with Crippen LogP contribution in [0.1, 0.15) is 16.8 Å². The number of hydrogen-bond donors (Lipinski definition) is 2. The molecule has 0 radical (unpaired) electrons. The Bertz CT molecular complexity index is 1380. The highest BCUT2D eigenvalue weighted by Gasteiger charge is 2.25. The second kappa shape index (κ2) is 5.78. The predicted octanol–water partition coefficient (Wildman–Crippen LogP) is 3.08. The van der Waals surface area contributed by atoms with Gasteiger partial charge in [0.1, 0.15) is 11.6 Å². The zero-order chi connectivity index (χ0) is 19.5. The fraction of sp³-hybridized carbons (Fsp3) is 0.143. The zero-order valence-corrected chi connectivity index (χ0v) is 15.8. The number of hydrogen-bond acceptors (Lipinski definition) is 6. The van der Waals surface area contributed by atoms with Gasteiger partial charge in [-0.25, -0.2) is 4.98 Å². The molecule has 0 spiro atoms. The average Bonchev–Trinajstić information content (AvgIpc) is 3.44. The molecular formula is C21H18N8. The lowest BCUT2D eigenvalue weighted by atomic mass is 10.1. The Hall–Kier alpha value is -3.94. The number of rotatable bonds is 2. The maximum absolute atomic E-state index is 6.45. The van der Waals surface area contributed by atoms with Crippen LogP contribution < -0.4 is 10.6 Å². The first kappa shape index (κ1) is 16.1. The van der Waals surface area contributed by atoms with E-state index in [1.54, 1.807) is 4.52 Å². The maximum atomic E-state index is 6.45. The summed E-state index contributed by atoms with van der Waals surface area (Å²) >= 11 is 0. The Morgan fingerprint density at radius 3 is 2.90 bits per heavy atom. The topological polar surface area (TPSA) is 101 Å². The minimum Gasteiger partial charge on any atom is -0.383 e. The van der Waals surface area contributed by atoms with Crippen molar-refractivity contribution in [2.75, 3.05) is 10.6 Å². The number of pyridine rings is 1. The van der Waals surface area contributed by atoms with Gasteiger partial charge in [-0.2, -0.15) is 14.7 Å². The van der Waals surface area contributed by atoms with Gasteiger partial charge in [-0.1, -0.05) is 18.2 Å². The lowest BCUT2D eigenvalue weighted by Crippen LogP contribution is -2.20. The van der Waals surface area contributed by atoms with Crippen LogP contribution in [0.4, 0.5) is 11.6 Å². The van der Waals surface area contributed by atoms with E-state index in [1.165, 1.54) is 5.56 Å². The smallest absolute Gasteiger partial charge is 0.167 e. The largest absolute Gasteiger partial charge is 0.383 e. The van der Waals surface area contributed by atoms with Gasteiger partial charge in [-0.3, -0.25) is 10.1 Å². The highest BCUT2D eigenvalue weighted by Crippen LogP contribution is 2.34. The van der Waals surface area contributed by atoms with Crippen LogP contribution >= 0.6 is 0 Å². The molecule has 1 aliphatic rings. The SMILES string of the molecule is Cc1c(N2Cc3cn[nH]c3C2)nc2c(-c3cnc4ccccc4c3)cnn2c1N. The molecule has 0 aliphatic carbocycles. The Morgan fingerprint density at radius 2 is 2.00 bits per heavy atom. The summed E-state index contributed by atoms with van der Waals surface area (Å²) < 4.78 is 1.71. The summed E-state index contributed by atoms with van der Waals surface area (Å²) in [5.41, 5.74) is 13.3. The lowest BCUT2D eigenvalue weighted by molar-refractivity contribution is 0.814. The van der Waals surface area contributed by atoms with Gasteiger partial charge in [-0.05, 0) is 19.1 Å². The van der Waals surface area contributed by atoms with Crippen LogP contribution in [0, 0.1) is 6.92 Å². The highest BCUT2D eigenvalue weighted by atomic mass is 15.3. The number of aromatic amines is 1. The standard InChI is InChI=1S/C21H18N8/c1-12-19(22)29-21(26-20(12)28-10-15-8-24-27-18(15)11-28)16(9-25-29)14-6-13-4-2-3-5-17(13)23-7-14/h2-9H,10-11,22H2,1H3,(H,24,27). The molecule has 142 valence electrons. The van der Waals surface area contributed by atoms with Gasteiger partial charge in [0, 0.05) is 40.4 Å². The minimum atomic E-state index is 0.596. The number of nitrogens with one attached hydrogen (secondary N) is 1. The van der Waals surface area contributed by atoms with Crippen molar-refractivity contribution in [2.24, 2.45) is 0 Å². The summed E-state index contributed by atoms with van der Waals surface area (Å²) in [5.74, 6) is 1.47. The van der Waals surface area contributed by atoms with Gasteiger partial charge in [0.15, 0.2) is 5.65 Å². The molecule has 6 rings (SSSR count). The third-order valence-corrected chi connectivity index (χ3v) is 5.62. The molecule has 0 bridgehead atoms. The molecule has 0 atom stereocenters. The number of para-hydroxylation sites is 1. The van der Waals surface area contributed by atoms with E-state index in [0.29, 0.717) is 5.82 Å². The monoisotopic (exact) mass is 382 g/mol. The molecular weight excluding hydrogens is 364 g/mol. The van der Waals surface area contributed by atoms with E-state index in [9.17, 15) is 0 Å². The van der Waals surface area contributed by atoms with Gasteiger partial charge >= 0.3 is 0 Å². The lowest BCUT2D eigenvalue weighted by Gasteiger charge is -2.20.